The maximum atomic E-state index is 11.1. The summed E-state index contributed by atoms with van der Waals surface area (Å²) in [5, 5.41) is 11.1. The van der Waals surface area contributed by atoms with E-state index in [-0.39, 0.29) is 17.3 Å². The van der Waals surface area contributed by atoms with Crippen molar-refractivity contribution in [2.24, 2.45) is 0 Å². The molecule has 2 rings (SSSR count). The van der Waals surface area contributed by atoms with E-state index >= 15 is 0 Å². The van der Waals surface area contributed by atoms with Gasteiger partial charge < -0.3 is 10.5 Å². The van der Waals surface area contributed by atoms with Crippen LogP contribution in [-0.2, 0) is 6.42 Å². The molecule has 7 nitrogen and oxygen atoms in total. The largest absolute Gasteiger partial charge is 0.431 e. The Morgan fingerprint density at radius 2 is 2.19 bits per heavy atom. The maximum Gasteiger partial charge on any atom is 0.312 e. The lowest BCUT2D eigenvalue weighted by molar-refractivity contribution is -0.385. The number of nitrogen functional groups attached to an aromatic ring is 1. The average molecular weight is 353 g/mol. The summed E-state index contributed by atoms with van der Waals surface area (Å²) in [6.07, 6.45) is 2.73. The minimum Gasteiger partial charge on any atom is -0.431 e. The highest BCUT2D eigenvalue weighted by atomic mass is 79.9. The summed E-state index contributed by atoms with van der Waals surface area (Å²) in [4.78, 5) is 18.5. The first-order valence-electron chi connectivity index (χ1n) is 6.24. The Labute approximate surface area is 129 Å². The molecule has 0 saturated heterocycles. The van der Waals surface area contributed by atoms with E-state index in [9.17, 15) is 10.1 Å². The van der Waals surface area contributed by atoms with E-state index in [1.54, 1.807) is 6.07 Å². The van der Waals surface area contributed by atoms with Crippen LogP contribution in [-0.4, -0.2) is 14.9 Å². The van der Waals surface area contributed by atoms with Gasteiger partial charge in [0, 0.05) is 10.5 Å². The molecular formula is C13H13BrN4O3. The number of halogens is 1. The first-order chi connectivity index (χ1) is 10.0. The van der Waals surface area contributed by atoms with E-state index in [0.717, 1.165) is 6.42 Å². The third-order valence-electron chi connectivity index (χ3n) is 2.76. The van der Waals surface area contributed by atoms with Crippen molar-refractivity contribution in [3.05, 3.63) is 44.7 Å². The molecular weight excluding hydrogens is 340 g/mol. The van der Waals surface area contributed by atoms with Gasteiger partial charge in [-0.1, -0.05) is 29.3 Å². The monoisotopic (exact) mass is 352 g/mol. The molecule has 21 heavy (non-hydrogen) atoms. The predicted molar refractivity (Wildman–Crippen MR) is 81.3 cm³/mol. The SMILES string of the molecule is CCCc1c(N)ncnc1Oc1ccc(Br)cc1[N+](=O)[O-]. The van der Waals surface area contributed by atoms with Gasteiger partial charge in [0.2, 0.25) is 11.6 Å². The quantitative estimate of drug-likeness (QED) is 0.652. The van der Waals surface area contributed by atoms with Crippen LogP contribution in [0.1, 0.15) is 18.9 Å². The third-order valence-corrected chi connectivity index (χ3v) is 3.26. The summed E-state index contributed by atoms with van der Waals surface area (Å²) in [5.41, 5.74) is 6.31. The number of nitro groups is 1. The number of hydrogen-bond donors (Lipinski definition) is 1. The smallest absolute Gasteiger partial charge is 0.312 e. The Balaban J connectivity index is 2.43. The summed E-state index contributed by atoms with van der Waals surface area (Å²) in [7, 11) is 0. The zero-order valence-corrected chi connectivity index (χ0v) is 12.8. The second kappa shape index (κ2) is 6.49. The number of nitro benzene ring substituents is 1. The number of nitrogens with zero attached hydrogens (tertiary/aromatic N) is 3. The molecule has 0 saturated carbocycles. The van der Waals surface area contributed by atoms with Crippen LogP contribution >= 0.6 is 15.9 Å². The molecule has 1 aromatic heterocycles. The van der Waals surface area contributed by atoms with E-state index < -0.39 is 4.92 Å². The van der Waals surface area contributed by atoms with E-state index in [1.807, 2.05) is 6.92 Å². The average Bonchev–Trinajstić information content (AvgIpc) is 2.44. The minimum absolute atomic E-state index is 0.110. The van der Waals surface area contributed by atoms with Crippen LogP contribution in [0.5, 0.6) is 11.6 Å². The second-order valence-corrected chi connectivity index (χ2v) is 5.18. The highest BCUT2D eigenvalue weighted by molar-refractivity contribution is 9.10. The van der Waals surface area contributed by atoms with Crippen LogP contribution in [0, 0.1) is 10.1 Å². The molecule has 1 aromatic carbocycles. The zero-order valence-electron chi connectivity index (χ0n) is 11.2. The van der Waals surface area contributed by atoms with Crippen molar-refractivity contribution < 1.29 is 9.66 Å². The van der Waals surface area contributed by atoms with Crippen LogP contribution in [0.25, 0.3) is 0 Å². The van der Waals surface area contributed by atoms with Crippen molar-refractivity contribution in [1.82, 2.24) is 9.97 Å². The van der Waals surface area contributed by atoms with E-state index in [4.69, 9.17) is 10.5 Å². The lowest BCUT2D eigenvalue weighted by Gasteiger charge is -2.11. The fraction of sp³-hybridized carbons (Fsp3) is 0.231. The lowest BCUT2D eigenvalue weighted by Crippen LogP contribution is -2.03. The molecule has 2 aromatic rings. The topological polar surface area (TPSA) is 104 Å². The van der Waals surface area contributed by atoms with Gasteiger partial charge in [-0.3, -0.25) is 10.1 Å². The lowest BCUT2D eigenvalue weighted by atomic mass is 10.2. The van der Waals surface area contributed by atoms with Crippen LogP contribution in [0.4, 0.5) is 11.5 Å². The van der Waals surface area contributed by atoms with Crippen molar-refractivity contribution in [2.75, 3.05) is 5.73 Å². The summed E-state index contributed by atoms with van der Waals surface area (Å²) in [6, 6.07) is 4.54. The Kier molecular flexibility index (Phi) is 4.69. The number of rotatable bonds is 5. The molecule has 0 fully saturated rings. The molecule has 0 atom stereocenters. The molecule has 0 amide bonds. The van der Waals surface area contributed by atoms with Crippen LogP contribution in [0.2, 0.25) is 0 Å². The molecule has 8 heteroatoms. The number of aromatic nitrogens is 2. The molecule has 0 aliphatic carbocycles. The van der Waals surface area contributed by atoms with Crippen molar-refractivity contribution in [3.63, 3.8) is 0 Å². The number of anilines is 1. The maximum absolute atomic E-state index is 11.1. The van der Waals surface area contributed by atoms with Crippen LogP contribution < -0.4 is 10.5 Å². The van der Waals surface area contributed by atoms with Gasteiger partial charge in [-0.2, -0.15) is 0 Å². The second-order valence-electron chi connectivity index (χ2n) is 4.26. The molecule has 0 aliphatic heterocycles. The standard InChI is InChI=1S/C13H13BrN4O3/c1-2-3-9-12(15)16-7-17-13(9)21-11-5-4-8(14)6-10(11)18(19)20/h4-7H,2-3H2,1H3,(H2,15,16,17). The van der Waals surface area contributed by atoms with Gasteiger partial charge in [-0.05, 0) is 18.6 Å². The first kappa shape index (κ1) is 15.2. The van der Waals surface area contributed by atoms with Crippen molar-refractivity contribution in [1.29, 1.82) is 0 Å². The molecule has 2 N–H and O–H groups in total. The summed E-state index contributed by atoms with van der Waals surface area (Å²) < 4.78 is 6.19. The first-order valence-corrected chi connectivity index (χ1v) is 7.03. The van der Waals surface area contributed by atoms with Crippen molar-refractivity contribution in [3.8, 4) is 11.6 Å². The third kappa shape index (κ3) is 3.46. The van der Waals surface area contributed by atoms with Crippen LogP contribution in [0.3, 0.4) is 0 Å². The van der Waals surface area contributed by atoms with Gasteiger partial charge in [-0.25, -0.2) is 9.97 Å². The number of hydrogen-bond acceptors (Lipinski definition) is 6. The Bertz CT molecular complexity index is 678. The predicted octanol–water partition coefficient (Wildman–Crippen LogP) is 3.47. The number of ether oxygens (including phenoxy) is 1. The van der Waals surface area contributed by atoms with Crippen molar-refractivity contribution in [2.45, 2.75) is 19.8 Å². The summed E-state index contributed by atoms with van der Waals surface area (Å²) >= 11 is 3.20. The highest BCUT2D eigenvalue weighted by Crippen LogP contribution is 2.35. The van der Waals surface area contributed by atoms with Gasteiger partial charge in [0.05, 0.1) is 10.5 Å². The molecule has 0 aliphatic rings. The minimum atomic E-state index is -0.510. The normalized spacial score (nSPS) is 10.4. The van der Waals surface area contributed by atoms with E-state index in [1.165, 1.54) is 18.5 Å². The molecule has 0 radical (unpaired) electrons. The van der Waals surface area contributed by atoms with E-state index in [0.29, 0.717) is 22.3 Å². The highest BCUT2D eigenvalue weighted by Gasteiger charge is 2.19. The van der Waals surface area contributed by atoms with Gasteiger partial charge >= 0.3 is 5.69 Å². The van der Waals surface area contributed by atoms with Crippen LogP contribution in [0.15, 0.2) is 29.0 Å². The molecule has 1 heterocycles. The van der Waals surface area contributed by atoms with Gasteiger partial charge in [0.25, 0.3) is 0 Å². The fourth-order valence-corrected chi connectivity index (χ4v) is 2.15. The van der Waals surface area contributed by atoms with Gasteiger partial charge in [0.15, 0.2) is 0 Å². The number of nitrogens with two attached hydrogens (primary N) is 1. The zero-order chi connectivity index (χ0) is 15.4. The van der Waals surface area contributed by atoms with Gasteiger partial charge in [-0.15, -0.1) is 0 Å². The van der Waals surface area contributed by atoms with Crippen molar-refractivity contribution >= 4 is 27.4 Å². The molecule has 0 unspecified atom stereocenters. The molecule has 0 bridgehead atoms. The van der Waals surface area contributed by atoms with Gasteiger partial charge in [0.1, 0.15) is 12.1 Å². The summed E-state index contributed by atoms with van der Waals surface area (Å²) in [5.74, 6) is 0.676. The Hall–Kier alpha value is -2.22. The Morgan fingerprint density at radius 3 is 2.86 bits per heavy atom. The Morgan fingerprint density at radius 1 is 1.43 bits per heavy atom. The molecule has 0 spiro atoms. The number of benzene rings is 1. The summed E-state index contributed by atoms with van der Waals surface area (Å²) in [6.45, 7) is 1.98. The fourth-order valence-electron chi connectivity index (χ4n) is 1.81. The molecule has 110 valence electrons. The van der Waals surface area contributed by atoms with E-state index in [2.05, 4.69) is 25.9 Å².